The van der Waals surface area contributed by atoms with Crippen molar-refractivity contribution in [1.82, 2.24) is 4.90 Å². The Hall–Kier alpha value is -3.18. The van der Waals surface area contributed by atoms with Gasteiger partial charge in [0, 0.05) is 71.1 Å². The number of amides is 1. The van der Waals surface area contributed by atoms with Gasteiger partial charge in [0.1, 0.15) is 30.1 Å². The number of rotatable bonds is 11. The summed E-state index contributed by atoms with van der Waals surface area (Å²) in [6, 6.07) is -1.16. The van der Waals surface area contributed by atoms with Gasteiger partial charge in [-0.3, -0.25) is 23.7 Å². The number of carbonyl (C=O) groups is 5. The number of hydrogen-bond donors (Lipinski definition) is 2. The number of allylic oxidation sites excluding steroid dienone is 6. The summed E-state index contributed by atoms with van der Waals surface area (Å²) in [5.41, 5.74) is 1.26. The maximum atomic E-state index is 14.6. The highest BCUT2D eigenvalue weighted by Crippen LogP contribution is 2.50. The van der Waals surface area contributed by atoms with E-state index in [4.69, 9.17) is 32.7 Å². The van der Waals surface area contributed by atoms with E-state index in [-0.39, 0.29) is 36.4 Å². The minimum Gasteiger partial charge on any atom is -0.460 e. The van der Waals surface area contributed by atoms with Crippen molar-refractivity contribution in [3.63, 3.8) is 0 Å². The molecule has 4 fully saturated rings. The van der Waals surface area contributed by atoms with E-state index in [9.17, 15) is 38.8 Å². The number of ether oxygens (including phenoxy) is 5. The van der Waals surface area contributed by atoms with Crippen LogP contribution in [-0.2, 0) is 61.3 Å². The van der Waals surface area contributed by atoms with Crippen LogP contribution in [0.1, 0.15) is 132 Å². The van der Waals surface area contributed by atoms with Crippen LogP contribution in [0, 0.1) is 41.4 Å². The number of hydrogen-bond acceptors (Lipinski definition) is 15. The van der Waals surface area contributed by atoms with Crippen molar-refractivity contribution >= 4 is 36.8 Å². The van der Waals surface area contributed by atoms with E-state index in [0.717, 1.165) is 18.4 Å². The van der Waals surface area contributed by atoms with Gasteiger partial charge in [-0.1, -0.05) is 77.5 Å². The average molecular weight is 1030 g/mol. The van der Waals surface area contributed by atoms with Gasteiger partial charge >= 0.3 is 13.6 Å². The lowest BCUT2D eigenvalue weighted by Gasteiger charge is -2.50. The smallest absolute Gasteiger partial charge is 0.329 e. The van der Waals surface area contributed by atoms with Crippen molar-refractivity contribution in [2.75, 3.05) is 41.1 Å². The molecule has 0 radical (unpaired) electrons. The molecule has 2 N–H and O–H groups in total. The summed E-state index contributed by atoms with van der Waals surface area (Å²) in [5, 5.41) is 23.6. The summed E-state index contributed by atoms with van der Waals surface area (Å²) in [6.07, 6.45) is 12.1. The summed E-state index contributed by atoms with van der Waals surface area (Å²) in [4.78, 5) is 72.9. The maximum Gasteiger partial charge on any atom is 0.329 e. The van der Waals surface area contributed by atoms with Crippen molar-refractivity contribution in [3.8, 4) is 0 Å². The molecule has 72 heavy (non-hydrogen) atoms. The molecular formula is C55H86NO15P. The highest BCUT2D eigenvalue weighted by molar-refractivity contribution is 7.53. The SMILES string of the molecule is CCCCOP(C)(=O)O[C@@H]1CC[C@@H](CC2[C@H]3CCCN4C(=O)C(=O)[C@]5(O)O[C@@H](CC[C@H]5C)C[C@H](OC)/C(C)=C/C=C/C=C/[C@@H](C)C[C@@H](C)C(=O)[C@H](OC)[C@H](O)/C(C)=C/C(C)C(=O)C[C@@H]2OC(=O)C34)C[C@H]1OC. The Morgan fingerprint density at radius 3 is 2.29 bits per heavy atom. The summed E-state index contributed by atoms with van der Waals surface area (Å²) in [7, 11) is 1.16. The fraction of sp³-hybridized carbons (Fsp3) is 0.764. The minimum atomic E-state index is -3.38. The van der Waals surface area contributed by atoms with E-state index in [1.807, 2.05) is 58.1 Å². The van der Waals surface area contributed by atoms with Crippen LogP contribution in [0.4, 0.5) is 0 Å². The lowest BCUT2D eigenvalue weighted by Crippen LogP contribution is -2.65. The first kappa shape index (κ1) is 59.7. The monoisotopic (exact) mass is 1030 g/mol. The quantitative estimate of drug-likeness (QED) is 0.0659. The summed E-state index contributed by atoms with van der Waals surface area (Å²) < 4.78 is 55.0. The number of aliphatic hydroxyl groups is 2. The Morgan fingerprint density at radius 1 is 0.875 bits per heavy atom. The number of esters is 1. The number of piperidine rings is 1. The fourth-order valence-corrected chi connectivity index (χ4v) is 12.9. The van der Waals surface area contributed by atoms with E-state index in [1.165, 1.54) is 18.7 Å². The predicted molar refractivity (Wildman–Crippen MR) is 272 cm³/mol. The Morgan fingerprint density at radius 2 is 1.61 bits per heavy atom. The maximum absolute atomic E-state index is 14.6. The molecule has 5 aliphatic rings. The van der Waals surface area contributed by atoms with Crippen LogP contribution in [0.3, 0.4) is 0 Å². The number of nitrogens with zero attached hydrogens (tertiary/aromatic N) is 1. The molecule has 4 bridgehead atoms. The molecule has 1 saturated carbocycles. The fourth-order valence-electron chi connectivity index (χ4n) is 11.7. The van der Waals surface area contributed by atoms with E-state index in [2.05, 4.69) is 0 Å². The van der Waals surface area contributed by atoms with Crippen molar-refractivity contribution in [1.29, 1.82) is 0 Å². The number of carbonyl (C=O) groups excluding carboxylic acids is 5. The second-order valence-corrected chi connectivity index (χ2v) is 23.6. The Kier molecular flexibility index (Phi) is 22.4. The van der Waals surface area contributed by atoms with Gasteiger partial charge in [0.25, 0.3) is 11.7 Å². The van der Waals surface area contributed by atoms with Crippen molar-refractivity contribution in [3.05, 3.63) is 47.6 Å². The number of ketones is 3. The average Bonchev–Trinajstić information content (AvgIpc) is 3.34. The third-order valence-electron chi connectivity index (χ3n) is 16.0. The highest BCUT2D eigenvalue weighted by Gasteiger charge is 2.57. The first-order chi connectivity index (χ1) is 34.1. The molecule has 16 nitrogen and oxygen atoms in total. The molecule has 17 heteroatoms. The third kappa shape index (κ3) is 15.0. The molecule has 1 amide bonds. The van der Waals surface area contributed by atoms with Gasteiger partial charge in [-0.15, -0.1) is 0 Å². The molecule has 0 aromatic rings. The van der Waals surface area contributed by atoms with E-state index >= 15 is 0 Å². The van der Waals surface area contributed by atoms with Crippen LogP contribution in [0.25, 0.3) is 0 Å². The molecule has 4 heterocycles. The second kappa shape index (κ2) is 27.0. The van der Waals surface area contributed by atoms with Gasteiger partial charge in [-0.25, -0.2) is 4.79 Å². The Balaban J connectivity index is 1.50. The second-order valence-electron chi connectivity index (χ2n) is 21.6. The summed E-state index contributed by atoms with van der Waals surface area (Å²) in [6.45, 7) is 14.6. The van der Waals surface area contributed by atoms with Crippen molar-refractivity contribution in [2.24, 2.45) is 41.4 Å². The summed E-state index contributed by atoms with van der Waals surface area (Å²) in [5.74, 6) is -8.79. The van der Waals surface area contributed by atoms with Crippen LogP contribution in [0.5, 0.6) is 0 Å². The highest BCUT2D eigenvalue weighted by atomic mass is 31.2. The third-order valence-corrected chi connectivity index (χ3v) is 17.3. The molecule has 4 aliphatic heterocycles. The topological polar surface area (TPSA) is 211 Å². The van der Waals surface area contributed by atoms with E-state index < -0.39 is 109 Å². The molecule has 4 unspecified atom stereocenters. The van der Waals surface area contributed by atoms with Crippen LogP contribution >= 0.6 is 7.60 Å². The molecule has 17 atom stereocenters. The first-order valence-electron chi connectivity index (χ1n) is 26.5. The molecule has 406 valence electrons. The van der Waals surface area contributed by atoms with Gasteiger partial charge < -0.3 is 47.8 Å². The Labute approximate surface area is 428 Å². The van der Waals surface area contributed by atoms with Crippen LogP contribution in [-0.4, -0.2) is 140 Å². The molecule has 1 aliphatic carbocycles. The predicted octanol–water partition coefficient (Wildman–Crippen LogP) is 8.06. The molecule has 5 rings (SSSR count). The van der Waals surface area contributed by atoms with E-state index in [1.54, 1.807) is 41.1 Å². The number of methoxy groups -OCH3 is 3. The van der Waals surface area contributed by atoms with Gasteiger partial charge in [-0.2, -0.15) is 0 Å². The van der Waals surface area contributed by atoms with Gasteiger partial charge in [0.15, 0.2) is 5.78 Å². The number of fused-ring (bicyclic) bond motifs is 4. The van der Waals surface area contributed by atoms with Crippen LogP contribution in [0.2, 0.25) is 0 Å². The number of aliphatic hydroxyl groups excluding tert-OH is 1. The lowest BCUT2D eigenvalue weighted by atomic mass is 9.68. The standard InChI is InChI=1S/C55H86NO15P/c1-12-13-26-68-72(11,64)71-44-24-22-39(30-47(44)66-9)29-42-41-20-17-25-56-48(41)54(62)69-46(42)32-43(57)35(4)28-37(6)50(59)51(67-10)49(58)36(5)27-33(2)18-15-14-16-19-34(3)45(65-8)31-40-23-21-38(7)55(63,70-40)52(60)53(56)61/h14-16,18-19,28,33,35-36,38-42,44-48,50-51,59,63H,12-13,17,20-27,29-32H2,1-11H3/b16-14+,18-15+,34-19+,37-28+/t33-,35?,36-,38-,39+,40+,41-,42?,44-,45+,46+,47-,48?,50-,51+,55-,72?/m1/s1. The largest absolute Gasteiger partial charge is 0.460 e. The molecule has 3 saturated heterocycles. The zero-order valence-electron chi connectivity index (χ0n) is 44.8. The lowest BCUT2D eigenvalue weighted by molar-refractivity contribution is -0.266. The molecular weight excluding hydrogens is 946 g/mol. The Bertz CT molecular complexity index is 2050. The first-order valence-corrected chi connectivity index (χ1v) is 28.5. The van der Waals surface area contributed by atoms with Gasteiger partial charge in [-0.05, 0) is 107 Å². The van der Waals surface area contributed by atoms with Crippen molar-refractivity contribution in [2.45, 2.75) is 186 Å². The van der Waals surface area contributed by atoms with E-state index in [0.29, 0.717) is 76.4 Å². The summed E-state index contributed by atoms with van der Waals surface area (Å²) >= 11 is 0. The normalized spacial score (nSPS) is 40.6. The van der Waals surface area contributed by atoms with Crippen LogP contribution < -0.4 is 0 Å². The molecule has 0 aromatic carbocycles. The van der Waals surface area contributed by atoms with Crippen molar-refractivity contribution < 1.29 is 71.5 Å². The minimum absolute atomic E-state index is 0.0101. The van der Waals surface area contributed by atoms with Crippen LogP contribution in [0.15, 0.2) is 47.6 Å². The van der Waals surface area contributed by atoms with Gasteiger partial charge in [0.05, 0.1) is 31.0 Å². The number of Topliss-reactive ketones (excluding diaryl/α,β-unsaturated/α-hetero) is 3. The zero-order chi connectivity index (χ0) is 53.1. The number of unbranched alkanes of at least 4 members (excludes halogenated alkanes) is 1. The molecule has 0 aromatic heterocycles. The molecule has 0 spiro atoms. The van der Waals surface area contributed by atoms with Gasteiger partial charge in [0.2, 0.25) is 5.79 Å². The zero-order valence-corrected chi connectivity index (χ0v) is 45.7.